The smallest absolute Gasteiger partial charge is 0.257 e. The van der Waals surface area contributed by atoms with Crippen molar-refractivity contribution in [2.75, 3.05) is 26.2 Å². The van der Waals surface area contributed by atoms with Crippen LogP contribution in [0.2, 0.25) is 0 Å². The number of halogens is 1. The fourth-order valence-electron chi connectivity index (χ4n) is 1.83. The minimum Gasteiger partial charge on any atom is -0.336 e. The Labute approximate surface area is 107 Å². The number of piperazine rings is 1. The Morgan fingerprint density at radius 3 is 2.59 bits per heavy atom. The van der Waals surface area contributed by atoms with Crippen molar-refractivity contribution < 1.29 is 4.79 Å². The number of hydrogen-bond acceptors (Lipinski definition) is 4. The third-order valence-corrected chi connectivity index (χ3v) is 2.73. The molecule has 1 aliphatic rings. The molecule has 1 aliphatic heterocycles. The van der Waals surface area contributed by atoms with Crippen LogP contribution in [0, 0.1) is 13.8 Å². The first-order chi connectivity index (χ1) is 7.68. The van der Waals surface area contributed by atoms with Crippen LogP contribution in [0.1, 0.15) is 21.9 Å². The summed E-state index contributed by atoms with van der Waals surface area (Å²) >= 11 is 0. The predicted octanol–water partition coefficient (Wildman–Crippen LogP) is 0.561. The molecule has 1 fully saturated rings. The summed E-state index contributed by atoms with van der Waals surface area (Å²) in [6.07, 6.45) is 1.63. The van der Waals surface area contributed by atoms with E-state index in [9.17, 15) is 4.79 Å². The van der Waals surface area contributed by atoms with Crippen LogP contribution >= 0.6 is 12.4 Å². The molecule has 2 rings (SSSR count). The van der Waals surface area contributed by atoms with Crippen LogP contribution in [-0.2, 0) is 0 Å². The lowest BCUT2D eigenvalue weighted by molar-refractivity contribution is 0.0734. The Hall–Kier alpha value is -1.20. The van der Waals surface area contributed by atoms with Gasteiger partial charge in [0.25, 0.3) is 5.91 Å². The average molecular weight is 257 g/mol. The topological polar surface area (TPSA) is 58.1 Å². The molecule has 1 saturated heterocycles. The second-order valence-electron chi connectivity index (χ2n) is 3.96. The van der Waals surface area contributed by atoms with Crippen molar-refractivity contribution >= 4 is 18.3 Å². The van der Waals surface area contributed by atoms with Gasteiger partial charge in [0.1, 0.15) is 5.82 Å². The molecule has 0 aromatic carbocycles. The standard InChI is InChI=1S/C11H16N4O.ClH/c1-8-10(7-13-9(2)14-8)11(16)15-5-3-12-4-6-15;/h7,12H,3-6H2,1-2H3;1H. The molecule has 1 amide bonds. The van der Waals surface area contributed by atoms with Crippen molar-refractivity contribution in [2.24, 2.45) is 0 Å². The van der Waals surface area contributed by atoms with Crippen LogP contribution in [0.5, 0.6) is 0 Å². The molecular weight excluding hydrogens is 240 g/mol. The Morgan fingerprint density at radius 1 is 1.35 bits per heavy atom. The van der Waals surface area contributed by atoms with Gasteiger partial charge in [-0.2, -0.15) is 0 Å². The lowest BCUT2D eigenvalue weighted by atomic mass is 10.2. The van der Waals surface area contributed by atoms with Crippen molar-refractivity contribution in [3.05, 3.63) is 23.3 Å². The third kappa shape index (κ3) is 3.14. The van der Waals surface area contributed by atoms with Crippen LogP contribution in [-0.4, -0.2) is 47.0 Å². The zero-order valence-electron chi connectivity index (χ0n) is 10.1. The number of hydrogen-bond donors (Lipinski definition) is 1. The molecule has 1 aromatic heterocycles. The number of rotatable bonds is 1. The van der Waals surface area contributed by atoms with Crippen molar-refractivity contribution in [1.82, 2.24) is 20.2 Å². The molecule has 0 spiro atoms. The molecule has 0 aliphatic carbocycles. The van der Waals surface area contributed by atoms with E-state index in [-0.39, 0.29) is 18.3 Å². The van der Waals surface area contributed by atoms with E-state index in [2.05, 4.69) is 15.3 Å². The number of nitrogens with one attached hydrogen (secondary N) is 1. The third-order valence-electron chi connectivity index (χ3n) is 2.73. The van der Waals surface area contributed by atoms with E-state index < -0.39 is 0 Å². The van der Waals surface area contributed by atoms with Gasteiger partial charge < -0.3 is 10.2 Å². The largest absolute Gasteiger partial charge is 0.336 e. The molecule has 0 radical (unpaired) electrons. The van der Waals surface area contributed by atoms with Gasteiger partial charge in [-0.15, -0.1) is 12.4 Å². The normalized spacial score (nSPS) is 15.3. The zero-order chi connectivity index (χ0) is 11.5. The van der Waals surface area contributed by atoms with Crippen molar-refractivity contribution in [2.45, 2.75) is 13.8 Å². The van der Waals surface area contributed by atoms with Crippen LogP contribution < -0.4 is 5.32 Å². The molecular formula is C11H17ClN4O. The highest BCUT2D eigenvalue weighted by molar-refractivity contribution is 5.95. The number of amides is 1. The van der Waals surface area contributed by atoms with E-state index in [0.717, 1.165) is 31.9 Å². The molecule has 1 N–H and O–H groups in total. The Balaban J connectivity index is 0.00000144. The van der Waals surface area contributed by atoms with Gasteiger partial charge in [-0.05, 0) is 13.8 Å². The highest BCUT2D eigenvalue weighted by atomic mass is 35.5. The Morgan fingerprint density at radius 2 is 2.00 bits per heavy atom. The van der Waals surface area contributed by atoms with Gasteiger partial charge in [0, 0.05) is 32.4 Å². The zero-order valence-corrected chi connectivity index (χ0v) is 10.9. The van der Waals surface area contributed by atoms with Gasteiger partial charge in [-0.3, -0.25) is 4.79 Å². The molecule has 0 unspecified atom stereocenters. The monoisotopic (exact) mass is 256 g/mol. The summed E-state index contributed by atoms with van der Waals surface area (Å²) in [7, 11) is 0. The summed E-state index contributed by atoms with van der Waals surface area (Å²) in [6.45, 7) is 6.91. The predicted molar refractivity (Wildman–Crippen MR) is 67.5 cm³/mol. The number of nitrogens with zero attached hydrogens (tertiary/aromatic N) is 3. The lowest BCUT2D eigenvalue weighted by Crippen LogP contribution is -2.46. The van der Waals surface area contributed by atoms with E-state index in [1.807, 2.05) is 18.7 Å². The van der Waals surface area contributed by atoms with Gasteiger partial charge in [-0.1, -0.05) is 0 Å². The van der Waals surface area contributed by atoms with Gasteiger partial charge in [-0.25, -0.2) is 9.97 Å². The maximum absolute atomic E-state index is 12.2. The van der Waals surface area contributed by atoms with E-state index in [1.54, 1.807) is 6.20 Å². The molecule has 5 nitrogen and oxygen atoms in total. The van der Waals surface area contributed by atoms with Crippen molar-refractivity contribution in [1.29, 1.82) is 0 Å². The van der Waals surface area contributed by atoms with Gasteiger partial charge in [0.2, 0.25) is 0 Å². The number of carbonyl (C=O) groups excluding carboxylic acids is 1. The van der Waals surface area contributed by atoms with Gasteiger partial charge >= 0.3 is 0 Å². The number of carbonyl (C=O) groups is 1. The first-order valence-corrected chi connectivity index (χ1v) is 5.48. The summed E-state index contributed by atoms with van der Waals surface area (Å²) in [5.74, 6) is 0.744. The van der Waals surface area contributed by atoms with Crippen molar-refractivity contribution in [3.63, 3.8) is 0 Å². The number of aromatic nitrogens is 2. The fraction of sp³-hybridized carbons (Fsp3) is 0.545. The van der Waals surface area contributed by atoms with Crippen LogP contribution in [0.3, 0.4) is 0 Å². The maximum atomic E-state index is 12.2. The summed E-state index contributed by atoms with van der Waals surface area (Å²) in [5.41, 5.74) is 1.38. The minimum atomic E-state index is 0. The summed E-state index contributed by atoms with van der Waals surface area (Å²) in [5, 5.41) is 3.22. The number of aryl methyl sites for hydroxylation is 2. The van der Waals surface area contributed by atoms with E-state index in [0.29, 0.717) is 11.4 Å². The highest BCUT2D eigenvalue weighted by Crippen LogP contribution is 2.08. The van der Waals surface area contributed by atoms with Crippen LogP contribution in [0.15, 0.2) is 6.20 Å². The average Bonchev–Trinajstić information content (AvgIpc) is 2.29. The van der Waals surface area contributed by atoms with Gasteiger partial charge in [0.15, 0.2) is 0 Å². The molecule has 2 heterocycles. The molecule has 0 atom stereocenters. The first-order valence-electron chi connectivity index (χ1n) is 5.48. The highest BCUT2D eigenvalue weighted by Gasteiger charge is 2.20. The molecule has 6 heteroatoms. The van der Waals surface area contributed by atoms with Crippen molar-refractivity contribution in [3.8, 4) is 0 Å². The molecule has 94 valence electrons. The molecule has 0 bridgehead atoms. The van der Waals surface area contributed by atoms with Gasteiger partial charge in [0.05, 0.1) is 11.3 Å². The second-order valence-corrected chi connectivity index (χ2v) is 3.96. The Kier molecular flexibility index (Phi) is 4.84. The first kappa shape index (κ1) is 13.9. The quantitative estimate of drug-likeness (QED) is 0.798. The summed E-state index contributed by atoms with van der Waals surface area (Å²) in [6, 6.07) is 0. The summed E-state index contributed by atoms with van der Waals surface area (Å²) < 4.78 is 0. The van der Waals surface area contributed by atoms with E-state index in [4.69, 9.17) is 0 Å². The SMILES string of the molecule is Cc1ncc(C(=O)N2CCNCC2)c(C)n1.Cl. The Bertz CT molecular complexity index is 404. The minimum absolute atomic E-state index is 0. The van der Waals surface area contributed by atoms with Crippen LogP contribution in [0.4, 0.5) is 0 Å². The molecule has 0 saturated carbocycles. The summed E-state index contributed by atoms with van der Waals surface area (Å²) in [4.78, 5) is 22.3. The molecule has 17 heavy (non-hydrogen) atoms. The fourth-order valence-corrected chi connectivity index (χ4v) is 1.83. The second kappa shape index (κ2) is 5.93. The van der Waals surface area contributed by atoms with Crippen LogP contribution in [0.25, 0.3) is 0 Å². The lowest BCUT2D eigenvalue weighted by Gasteiger charge is -2.27. The molecule has 1 aromatic rings. The van der Waals surface area contributed by atoms with E-state index in [1.165, 1.54) is 0 Å². The maximum Gasteiger partial charge on any atom is 0.257 e. The van der Waals surface area contributed by atoms with E-state index >= 15 is 0 Å².